The molecule has 0 fully saturated rings. The van der Waals surface area contributed by atoms with Crippen LogP contribution in [0, 0.1) is 0 Å². The molecule has 3 rings (SSSR count). The summed E-state index contributed by atoms with van der Waals surface area (Å²) in [5.74, 6) is -0.198. The van der Waals surface area contributed by atoms with Gasteiger partial charge in [-0.25, -0.2) is 4.98 Å². The van der Waals surface area contributed by atoms with Crippen LogP contribution in [-0.4, -0.2) is 21.5 Å². The molecule has 0 saturated heterocycles. The van der Waals surface area contributed by atoms with Crippen LogP contribution in [0.3, 0.4) is 0 Å². The molecule has 0 spiro atoms. The number of fused-ring (bicyclic) bond motifs is 1. The number of anilines is 1. The molecule has 0 unspecified atom stereocenters. The molecule has 1 aromatic heterocycles. The summed E-state index contributed by atoms with van der Waals surface area (Å²) in [4.78, 5) is 15.9. The van der Waals surface area contributed by atoms with Gasteiger partial charge in [0.25, 0.3) is 0 Å². The Bertz CT molecular complexity index is 774. The molecule has 0 aliphatic carbocycles. The molecular formula is C16H16N4O. The molecule has 0 saturated carbocycles. The van der Waals surface area contributed by atoms with Gasteiger partial charge in [-0.3, -0.25) is 9.36 Å². The molecule has 106 valence electrons. The van der Waals surface area contributed by atoms with Crippen molar-refractivity contribution in [2.24, 2.45) is 5.73 Å². The largest absolute Gasteiger partial charge is 0.325 e. The van der Waals surface area contributed by atoms with Gasteiger partial charge in [0.2, 0.25) is 5.91 Å². The number of hydrogen-bond acceptors (Lipinski definition) is 3. The molecule has 5 nitrogen and oxygen atoms in total. The predicted octanol–water partition coefficient (Wildman–Crippen LogP) is 2.31. The van der Waals surface area contributed by atoms with Gasteiger partial charge in [0.15, 0.2) is 0 Å². The summed E-state index contributed by atoms with van der Waals surface area (Å²) in [6, 6.07) is 15.0. The van der Waals surface area contributed by atoms with E-state index in [0.717, 1.165) is 22.4 Å². The van der Waals surface area contributed by atoms with Crippen molar-refractivity contribution in [3.8, 4) is 5.69 Å². The summed E-state index contributed by atoms with van der Waals surface area (Å²) in [6.07, 6.45) is 1.79. The Balaban J connectivity index is 1.89. The van der Waals surface area contributed by atoms with Crippen LogP contribution in [0.1, 0.15) is 6.92 Å². The van der Waals surface area contributed by atoms with E-state index in [0.29, 0.717) is 0 Å². The summed E-state index contributed by atoms with van der Waals surface area (Å²) < 4.78 is 2.01. The highest BCUT2D eigenvalue weighted by atomic mass is 16.2. The molecule has 0 bridgehead atoms. The van der Waals surface area contributed by atoms with Gasteiger partial charge >= 0.3 is 0 Å². The monoisotopic (exact) mass is 280 g/mol. The van der Waals surface area contributed by atoms with E-state index < -0.39 is 6.04 Å². The molecule has 0 radical (unpaired) electrons. The van der Waals surface area contributed by atoms with Gasteiger partial charge in [-0.2, -0.15) is 0 Å². The molecule has 5 heteroatoms. The summed E-state index contributed by atoms with van der Waals surface area (Å²) >= 11 is 0. The number of nitrogens with zero attached hydrogens (tertiary/aromatic N) is 2. The van der Waals surface area contributed by atoms with E-state index in [1.165, 1.54) is 0 Å². The normalized spacial score (nSPS) is 12.3. The number of imidazole rings is 1. The van der Waals surface area contributed by atoms with Crippen molar-refractivity contribution >= 4 is 22.6 Å². The second-order valence-corrected chi connectivity index (χ2v) is 4.93. The van der Waals surface area contributed by atoms with E-state index in [4.69, 9.17) is 5.73 Å². The number of carbonyl (C=O) groups is 1. The van der Waals surface area contributed by atoms with E-state index in [-0.39, 0.29) is 5.91 Å². The van der Waals surface area contributed by atoms with Gasteiger partial charge in [-0.05, 0) is 43.3 Å². The van der Waals surface area contributed by atoms with E-state index >= 15 is 0 Å². The summed E-state index contributed by atoms with van der Waals surface area (Å²) in [5, 5.41) is 2.76. The fraction of sp³-hybridized carbons (Fsp3) is 0.125. The van der Waals surface area contributed by atoms with Crippen LogP contribution in [0.5, 0.6) is 0 Å². The summed E-state index contributed by atoms with van der Waals surface area (Å²) in [7, 11) is 0. The highest BCUT2D eigenvalue weighted by Crippen LogP contribution is 2.19. The quantitative estimate of drug-likeness (QED) is 0.773. The van der Waals surface area contributed by atoms with Crippen molar-refractivity contribution in [3.05, 3.63) is 54.9 Å². The smallest absolute Gasteiger partial charge is 0.240 e. The zero-order valence-electron chi connectivity index (χ0n) is 11.7. The summed E-state index contributed by atoms with van der Waals surface area (Å²) in [5.41, 5.74) is 9.24. The maximum Gasteiger partial charge on any atom is 0.240 e. The molecule has 1 atom stereocenters. The van der Waals surface area contributed by atoms with Gasteiger partial charge < -0.3 is 11.1 Å². The van der Waals surface area contributed by atoms with Crippen molar-refractivity contribution in [2.45, 2.75) is 13.0 Å². The lowest BCUT2D eigenvalue weighted by molar-refractivity contribution is -0.117. The van der Waals surface area contributed by atoms with Crippen LogP contribution in [0.2, 0.25) is 0 Å². The first-order chi connectivity index (χ1) is 10.1. The minimum Gasteiger partial charge on any atom is -0.325 e. The minimum atomic E-state index is -0.526. The Labute approximate surface area is 122 Å². The van der Waals surface area contributed by atoms with Gasteiger partial charge in [-0.1, -0.05) is 12.1 Å². The van der Waals surface area contributed by atoms with Crippen molar-refractivity contribution in [3.63, 3.8) is 0 Å². The number of benzene rings is 2. The SMILES string of the molecule is C[C@H](N)C(=O)Nc1ccc(-n2cnc3ccccc32)cc1. The van der Waals surface area contributed by atoms with E-state index in [1.54, 1.807) is 13.3 Å². The highest BCUT2D eigenvalue weighted by Gasteiger charge is 2.08. The third kappa shape index (κ3) is 2.64. The number of amides is 1. The topological polar surface area (TPSA) is 72.9 Å². The van der Waals surface area contributed by atoms with E-state index in [1.807, 2.05) is 53.1 Å². The van der Waals surface area contributed by atoms with Gasteiger partial charge in [0.1, 0.15) is 6.33 Å². The maximum absolute atomic E-state index is 11.5. The molecule has 0 aliphatic heterocycles. The maximum atomic E-state index is 11.5. The van der Waals surface area contributed by atoms with Crippen LogP contribution in [0.25, 0.3) is 16.7 Å². The number of nitrogens with one attached hydrogen (secondary N) is 1. The molecule has 2 aromatic carbocycles. The Morgan fingerprint density at radius 2 is 1.90 bits per heavy atom. The van der Waals surface area contributed by atoms with Crippen LogP contribution < -0.4 is 11.1 Å². The first-order valence-corrected chi connectivity index (χ1v) is 6.74. The third-order valence-corrected chi connectivity index (χ3v) is 3.28. The number of carbonyl (C=O) groups excluding carboxylic acids is 1. The number of nitrogens with two attached hydrogens (primary N) is 1. The number of aromatic nitrogens is 2. The van der Waals surface area contributed by atoms with Crippen molar-refractivity contribution in [1.29, 1.82) is 0 Å². The Morgan fingerprint density at radius 3 is 2.62 bits per heavy atom. The lowest BCUT2D eigenvalue weighted by Crippen LogP contribution is -2.32. The minimum absolute atomic E-state index is 0.198. The predicted molar refractivity (Wildman–Crippen MR) is 83.3 cm³/mol. The Hall–Kier alpha value is -2.66. The van der Waals surface area contributed by atoms with Gasteiger partial charge in [-0.15, -0.1) is 0 Å². The van der Waals surface area contributed by atoms with E-state index in [2.05, 4.69) is 10.3 Å². The molecule has 3 N–H and O–H groups in total. The Kier molecular flexibility index (Phi) is 3.41. The van der Waals surface area contributed by atoms with Crippen molar-refractivity contribution in [1.82, 2.24) is 9.55 Å². The number of para-hydroxylation sites is 2. The molecule has 1 heterocycles. The fourth-order valence-corrected chi connectivity index (χ4v) is 2.13. The molecule has 21 heavy (non-hydrogen) atoms. The lowest BCUT2D eigenvalue weighted by atomic mass is 10.2. The van der Waals surface area contributed by atoms with Crippen LogP contribution in [0.4, 0.5) is 5.69 Å². The molecule has 3 aromatic rings. The van der Waals surface area contributed by atoms with Crippen LogP contribution in [0.15, 0.2) is 54.9 Å². The first-order valence-electron chi connectivity index (χ1n) is 6.74. The fourth-order valence-electron chi connectivity index (χ4n) is 2.13. The Morgan fingerprint density at radius 1 is 1.19 bits per heavy atom. The average molecular weight is 280 g/mol. The highest BCUT2D eigenvalue weighted by molar-refractivity contribution is 5.94. The average Bonchev–Trinajstić information content (AvgIpc) is 2.92. The van der Waals surface area contributed by atoms with Crippen LogP contribution >= 0.6 is 0 Å². The zero-order valence-corrected chi connectivity index (χ0v) is 11.7. The second kappa shape index (κ2) is 5.38. The van der Waals surface area contributed by atoms with Gasteiger partial charge in [0, 0.05) is 11.4 Å². The zero-order chi connectivity index (χ0) is 14.8. The molecular weight excluding hydrogens is 264 g/mol. The van der Waals surface area contributed by atoms with Crippen molar-refractivity contribution in [2.75, 3.05) is 5.32 Å². The standard InChI is InChI=1S/C16H16N4O/c1-11(17)16(21)19-12-6-8-13(9-7-12)20-10-18-14-4-2-3-5-15(14)20/h2-11H,17H2,1H3,(H,19,21)/t11-/m0/s1. The van der Waals surface area contributed by atoms with Crippen molar-refractivity contribution < 1.29 is 4.79 Å². The summed E-state index contributed by atoms with van der Waals surface area (Å²) in [6.45, 7) is 1.65. The first kappa shape index (κ1) is 13.3. The van der Waals surface area contributed by atoms with Crippen LogP contribution in [-0.2, 0) is 4.79 Å². The number of hydrogen-bond donors (Lipinski definition) is 2. The molecule has 1 amide bonds. The second-order valence-electron chi connectivity index (χ2n) is 4.93. The van der Waals surface area contributed by atoms with Gasteiger partial charge in [0.05, 0.1) is 17.1 Å². The molecule has 0 aliphatic rings. The third-order valence-electron chi connectivity index (χ3n) is 3.28. The lowest BCUT2D eigenvalue weighted by Gasteiger charge is -2.09. The van der Waals surface area contributed by atoms with E-state index in [9.17, 15) is 4.79 Å². The number of rotatable bonds is 3.